The number of para-hydroxylation sites is 1. The molecule has 3 aromatic carbocycles. The first-order valence-electron chi connectivity index (χ1n) is 15.2. The molecule has 8 nitrogen and oxygen atoms in total. The van der Waals surface area contributed by atoms with E-state index in [0.717, 1.165) is 54.1 Å². The zero-order valence-electron chi connectivity index (χ0n) is 25.3. The SMILES string of the molecule is COc1cc2c(cc1OC)[C@H]1CCCC[C@H]1N=C2c1cccc(C(C)=NOCC(=O)N2CCN(c3ccccc3)CC2)c1. The summed E-state index contributed by atoms with van der Waals surface area (Å²) in [6.45, 7) is 4.78. The molecule has 2 fully saturated rings. The molecule has 0 N–H and O–H groups in total. The zero-order valence-corrected chi connectivity index (χ0v) is 25.3. The molecule has 224 valence electrons. The second-order valence-corrected chi connectivity index (χ2v) is 11.5. The van der Waals surface area contributed by atoms with E-state index in [4.69, 9.17) is 19.3 Å². The van der Waals surface area contributed by atoms with Gasteiger partial charge in [0.05, 0.1) is 31.7 Å². The smallest absolute Gasteiger partial charge is 0.263 e. The molecular formula is C35H40N4O4. The summed E-state index contributed by atoms with van der Waals surface area (Å²) in [6.07, 6.45) is 4.64. The number of nitrogens with zero attached hydrogens (tertiary/aromatic N) is 4. The molecule has 2 aliphatic heterocycles. The van der Waals surface area contributed by atoms with Gasteiger partial charge in [-0.2, -0.15) is 0 Å². The Labute approximate surface area is 253 Å². The van der Waals surface area contributed by atoms with Gasteiger partial charge in [-0.3, -0.25) is 9.79 Å². The van der Waals surface area contributed by atoms with Crippen LogP contribution in [0.4, 0.5) is 5.69 Å². The molecule has 1 saturated carbocycles. The number of methoxy groups -OCH3 is 2. The first-order valence-corrected chi connectivity index (χ1v) is 15.2. The van der Waals surface area contributed by atoms with E-state index in [1.54, 1.807) is 14.2 Å². The number of amides is 1. The maximum atomic E-state index is 12.8. The number of benzene rings is 3. The minimum atomic E-state index is -0.0762. The Morgan fingerprint density at radius 2 is 1.65 bits per heavy atom. The molecule has 1 aliphatic carbocycles. The zero-order chi connectivity index (χ0) is 29.8. The largest absolute Gasteiger partial charge is 0.493 e. The van der Waals surface area contributed by atoms with Gasteiger partial charge < -0.3 is 24.1 Å². The lowest BCUT2D eigenvalue weighted by atomic mass is 9.75. The molecule has 0 spiro atoms. The van der Waals surface area contributed by atoms with Gasteiger partial charge in [0.2, 0.25) is 0 Å². The second-order valence-electron chi connectivity index (χ2n) is 11.5. The number of hydrogen-bond donors (Lipinski definition) is 0. The Morgan fingerprint density at radius 3 is 2.42 bits per heavy atom. The van der Waals surface area contributed by atoms with Crippen LogP contribution in [0, 0.1) is 0 Å². The summed E-state index contributed by atoms with van der Waals surface area (Å²) in [4.78, 5) is 27.9. The van der Waals surface area contributed by atoms with Crippen LogP contribution in [0.15, 0.2) is 76.9 Å². The number of anilines is 1. The van der Waals surface area contributed by atoms with Crippen LogP contribution < -0.4 is 14.4 Å². The predicted octanol–water partition coefficient (Wildman–Crippen LogP) is 5.67. The third-order valence-electron chi connectivity index (χ3n) is 8.93. The van der Waals surface area contributed by atoms with Gasteiger partial charge in [0.15, 0.2) is 18.1 Å². The van der Waals surface area contributed by atoms with E-state index in [0.29, 0.717) is 30.5 Å². The fourth-order valence-electron chi connectivity index (χ4n) is 6.57. The molecule has 0 radical (unpaired) electrons. The monoisotopic (exact) mass is 580 g/mol. The minimum Gasteiger partial charge on any atom is -0.493 e. The standard InChI is InChI=1S/C35H40N4O4/c1-24(37-43-23-34(40)39-18-16-38(17-19-39)27-12-5-4-6-13-27)25-10-9-11-26(20-25)35-30-22-33(42-3)32(41-2)21-29(30)28-14-7-8-15-31(28)36-35/h4-6,9-13,20-22,28,31H,7-8,14-19,23H2,1-3H3/t28-,31-/m1/s1. The van der Waals surface area contributed by atoms with Gasteiger partial charge in [-0.1, -0.05) is 54.4 Å². The quantitative estimate of drug-likeness (QED) is 0.254. The van der Waals surface area contributed by atoms with Crippen LogP contribution in [0.3, 0.4) is 0 Å². The highest BCUT2D eigenvalue weighted by Crippen LogP contribution is 2.44. The molecule has 3 aromatic rings. The maximum Gasteiger partial charge on any atom is 0.263 e. The third-order valence-corrected chi connectivity index (χ3v) is 8.93. The van der Waals surface area contributed by atoms with Crippen molar-refractivity contribution in [1.29, 1.82) is 0 Å². The lowest BCUT2D eigenvalue weighted by molar-refractivity contribution is -0.136. The molecular weight excluding hydrogens is 540 g/mol. The molecule has 43 heavy (non-hydrogen) atoms. The number of aliphatic imine (C=N–C) groups is 1. The lowest BCUT2D eigenvalue weighted by Gasteiger charge is -2.36. The van der Waals surface area contributed by atoms with Crippen LogP contribution in [-0.4, -0.2) is 75.3 Å². The number of fused-ring (bicyclic) bond motifs is 3. The lowest BCUT2D eigenvalue weighted by Crippen LogP contribution is -2.49. The van der Waals surface area contributed by atoms with Gasteiger partial charge in [0.25, 0.3) is 5.91 Å². The van der Waals surface area contributed by atoms with Gasteiger partial charge >= 0.3 is 0 Å². The highest BCUT2D eigenvalue weighted by molar-refractivity contribution is 6.16. The molecule has 0 aromatic heterocycles. The molecule has 8 heteroatoms. The first-order chi connectivity index (χ1) is 21.1. The van der Waals surface area contributed by atoms with Crippen molar-refractivity contribution in [3.63, 3.8) is 0 Å². The van der Waals surface area contributed by atoms with Crippen LogP contribution in [0.25, 0.3) is 0 Å². The predicted molar refractivity (Wildman–Crippen MR) is 170 cm³/mol. The van der Waals surface area contributed by atoms with Crippen molar-refractivity contribution in [2.24, 2.45) is 10.1 Å². The number of piperazine rings is 1. The number of hydrogen-bond acceptors (Lipinski definition) is 7. The van der Waals surface area contributed by atoms with E-state index >= 15 is 0 Å². The van der Waals surface area contributed by atoms with Crippen LogP contribution in [0.1, 0.15) is 60.8 Å². The Hall–Kier alpha value is -4.33. The van der Waals surface area contributed by atoms with Crippen molar-refractivity contribution in [3.8, 4) is 11.5 Å². The van der Waals surface area contributed by atoms with Gasteiger partial charge in [-0.25, -0.2) is 0 Å². The summed E-state index contributed by atoms with van der Waals surface area (Å²) >= 11 is 0. The summed E-state index contributed by atoms with van der Waals surface area (Å²) < 4.78 is 11.3. The van der Waals surface area contributed by atoms with Crippen molar-refractivity contribution in [2.45, 2.75) is 44.6 Å². The van der Waals surface area contributed by atoms with Crippen molar-refractivity contribution >= 4 is 23.0 Å². The molecule has 0 unspecified atom stereocenters. The Balaban J connectivity index is 1.15. The van der Waals surface area contributed by atoms with E-state index in [1.165, 1.54) is 24.1 Å². The van der Waals surface area contributed by atoms with Crippen molar-refractivity contribution < 1.29 is 19.1 Å². The molecule has 1 amide bonds. The van der Waals surface area contributed by atoms with Gasteiger partial charge in [0.1, 0.15) is 0 Å². The number of ether oxygens (including phenoxy) is 2. The van der Waals surface area contributed by atoms with Gasteiger partial charge in [-0.15, -0.1) is 0 Å². The summed E-state index contributed by atoms with van der Waals surface area (Å²) in [6, 6.07) is 23.0. The van der Waals surface area contributed by atoms with E-state index in [1.807, 2.05) is 42.2 Å². The van der Waals surface area contributed by atoms with Crippen molar-refractivity contribution in [1.82, 2.24) is 4.90 Å². The van der Waals surface area contributed by atoms with Crippen molar-refractivity contribution in [3.05, 3.63) is 89.0 Å². The molecule has 0 bridgehead atoms. The summed E-state index contributed by atoms with van der Waals surface area (Å²) in [5.41, 5.74) is 7.21. The molecule has 6 rings (SSSR count). The van der Waals surface area contributed by atoms with Crippen LogP contribution >= 0.6 is 0 Å². The maximum absolute atomic E-state index is 12.8. The molecule has 3 aliphatic rings. The third kappa shape index (κ3) is 6.10. The highest BCUT2D eigenvalue weighted by atomic mass is 16.6. The average Bonchev–Trinajstić information content (AvgIpc) is 3.07. The minimum absolute atomic E-state index is 0.0439. The highest BCUT2D eigenvalue weighted by Gasteiger charge is 2.34. The van der Waals surface area contributed by atoms with Crippen LogP contribution in [0.5, 0.6) is 11.5 Å². The number of carbonyl (C=O) groups excluding carboxylic acids is 1. The number of oxime groups is 1. The Morgan fingerprint density at radius 1 is 0.907 bits per heavy atom. The summed E-state index contributed by atoms with van der Waals surface area (Å²) in [5, 5.41) is 4.32. The van der Waals surface area contributed by atoms with Crippen LogP contribution in [-0.2, 0) is 9.63 Å². The first kappa shape index (κ1) is 28.8. The van der Waals surface area contributed by atoms with Gasteiger partial charge in [-0.05, 0) is 61.2 Å². The summed E-state index contributed by atoms with van der Waals surface area (Å²) in [7, 11) is 3.36. The molecule has 1 saturated heterocycles. The fraction of sp³-hybridized carbons (Fsp3) is 0.400. The van der Waals surface area contributed by atoms with Crippen molar-refractivity contribution in [2.75, 3.05) is 51.9 Å². The molecule has 2 heterocycles. The molecule has 2 atom stereocenters. The number of carbonyl (C=O) groups is 1. The average molecular weight is 581 g/mol. The summed E-state index contributed by atoms with van der Waals surface area (Å²) in [5.74, 6) is 1.81. The Bertz CT molecular complexity index is 1510. The van der Waals surface area contributed by atoms with E-state index in [9.17, 15) is 4.79 Å². The van der Waals surface area contributed by atoms with E-state index in [-0.39, 0.29) is 18.6 Å². The fourth-order valence-corrected chi connectivity index (χ4v) is 6.57. The Kier molecular flexibility index (Phi) is 8.63. The van der Waals surface area contributed by atoms with Crippen LogP contribution in [0.2, 0.25) is 0 Å². The topological polar surface area (TPSA) is 76.0 Å². The van der Waals surface area contributed by atoms with E-state index < -0.39 is 0 Å². The van der Waals surface area contributed by atoms with E-state index in [2.05, 4.69) is 46.5 Å². The van der Waals surface area contributed by atoms with Gasteiger partial charge in [0, 0.05) is 48.9 Å². The number of rotatable bonds is 8. The normalized spacial score (nSPS) is 20.1. The second kappa shape index (κ2) is 12.9.